The van der Waals surface area contributed by atoms with Gasteiger partial charge in [-0.3, -0.25) is 19.2 Å². The summed E-state index contributed by atoms with van der Waals surface area (Å²) in [5, 5.41) is 10.8. The van der Waals surface area contributed by atoms with Crippen LogP contribution in [0.5, 0.6) is 0 Å². The van der Waals surface area contributed by atoms with Crippen molar-refractivity contribution in [1.82, 2.24) is 26.2 Å². The van der Waals surface area contributed by atoms with Gasteiger partial charge in [0.1, 0.15) is 12.6 Å². The minimum absolute atomic E-state index is 0.0289. The molecule has 1 fully saturated rings. The summed E-state index contributed by atoms with van der Waals surface area (Å²) in [6, 6.07) is 6.41. The van der Waals surface area contributed by atoms with Crippen molar-refractivity contribution in [3.8, 4) is 0 Å². The topological polar surface area (TPSA) is 154 Å². The number of carbonyl (C=O) groups is 6. The summed E-state index contributed by atoms with van der Waals surface area (Å²) in [4.78, 5) is 72.4. The van der Waals surface area contributed by atoms with E-state index >= 15 is 0 Å². The van der Waals surface area contributed by atoms with E-state index in [-0.39, 0.29) is 56.1 Å². The van der Waals surface area contributed by atoms with Crippen LogP contribution in [0.2, 0.25) is 0 Å². The molecule has 0 spiro atoms. The van der Waals surface area contributed by atoms with E-state index in [0.717, 1.165) is 36.3 Å². The summed E-state index contributed by atoms with van der Waals surface area (Å²) in [6.07, 6.45) is 5.45. The van der Waals surface area contributed by atoms with E-state index in [0.29, 0.717) is 19.4 Å². The van der Waals surface area contributed by atoms with Crippen LogP contribution in [0.3, 0.4) is 0 Å². The van der Waals surface area contributed by atoms with Crippen LogP contribution in [0.4, 0.5) is 0 Å². The molecule has 2 rings (SSSR count). The fourth-order valence-corrected chi connectivity index (χ4v) is 3.91. The molecule has 4 N–H and O–H groups in total. The maximum absolute atomic E-state index is 12.5. The standard InChI is InChI=1S/C26H35N5O6/c1-27-15-25(36)29-14-21-7-3-2-6-20(21)13-24(35)30-22(18-33)10-11-28-23(34)8-9-26(37)31-12-4-5-19(16-31)17-32/h2-3,6-9,17-19,22,27H,4-5,10-16H2,1H3,(H,28,34)(H,29,36)(H,30,35)/b9-8+. The molecule has 0 aromatic heterocycles. The fraction of sp³-hybridized carbons (Fsp3) is 0.462. The number of nitrogens with one attached hydrogen (secondary N) is 4. The zero-order valence-electron chi connectivity index (χ0n) is 21.0. The lowest BCUT2D eigenvalue weighted by atomic mass is 10.00. The first-order valence-electron chi connectivity index (χ1n) is 12.3. The van der Waals surface area contributed by atoms with Gasteiger partial charge in [-0.1, -0.05) is 24.3 Å². The minimum atomic E-state index is -0.797. The Morgan fingerprint density at radius 1 is 1.05 bits per heavy atom. The number of hydrogen-bond donors (Lipinski definition) is 4. The maximum Gasteiger partial charge on any atom is 0.246 e. The van der Waals surface area contributed by atoms with E-state index in [9.17, 15) is 28.8 Å². The Hall–Kier alpha value is -3.86. The Labute approximate surface area is 216 Å². The third-order valence-corrected chi connectivity index (χ3v) is 5.89. The number of aldehydes is 2. The first kappa shape index (κ1) is 29.4. The Morgan fingerprint density at radius 2 is 1.81 bits per heavy atom. The largest absolute Gasteiger partial charge is 0.352 e. The summed E-state index contributed by atoms with van der Waals surface area (Å²) >= 11 is 0. The molecular weight excluding hydrogens is 478 g/mol. The highest BCUT2D eigenvalue weighted by Gasteiger charge is 2.22. The van der Waals surface area contributed by atoms with Crippen molar-refractivity contribution in [1.29, 1.82) is 0 Å². The Kier molecular flexibility index (Phi) is 12.7. The van der Waals surface area contributed by atoms with Crippen molar-refractivity contribution in [3.05, 3.63) is 47.5 Å². The number of likely N-dealkylation sites (N-methyl/N-ethyl adjacent to an activating group) is 1. The quantitative estimate of drug-likeness (QED) is 0.189. The minimum Gasteiger partial charge on any atom is -0.352 e. The molecule has 37 heavy (non-hydrogen) atoms. The second-order valence-corrected chi connectivity index (χ2v) is 8.80. The third-order valence-electron chi connectivity index (χ3n) is 5.89. The molecule has 4 amide bonds. The Morgan fingerprint density at radius 3 is 2.51 bits per heavy atom. The molecule has 11 heteroatoms. The van der Waals surface area contributed by atoms with Gasteiger partial charge in [-0.05, 0) is 37.4 Å². The van der Waals surface area contributed by atoms with E-state index in [1.54, 1.807) is 24.1 Å². The zero-order chi connectivity index (χ0) is 27.0. The molecule has 1 saturated heterocycles. The SMILES string of the molecule is CNCC(=O)NCc1ccccc1CC(=O)NC(C=O)CCNC(=O)/C=C/C(=O)N1CCCC(C=O)C1. The number of rotatable bonds is 14. The van der Waals surface area contributed by atoms with Crippen molar-refractivity contribution in [2.45, 2.75) is 38.3 Å². The van der Waals surface area contributed by atoms with Crippen molar-refractivity contribution in [2.75, 3.05) is 33.2 Å². The first-order valence-corrected chi connectivity index (χ1v) is 12.3. The number of benzene rings is 1. The highest BCUT2D eigenvalue weighted by molar-refractivity contribution is 5.96. The van der Waals surface area contributed by atoms with E-state index in [1.807, 2.05) is 12.1 Å². The van der Waals surface area contributed by atoms with E-state index in [1.165, 1.54) is 6.08 Å². The number of amides is 4. The monoisotopic (exact) mass is 513 g/mol. The van der Waals surface area contributed by atoms with Crippen LogP contribution < -0.4 is 21.3 Å². The van der Waals surface area contributed by atoms with Crippen LogP contribution in [0.1, 0.15) is 30.4 Å². The molecule has 1 aromatic rings. The van der Waals surface area contributed by atoms with Crippen LogP contribution in [-0.2, 0) is 41.7 Å². The van der Waals surface area contributed by atoms with Crippen LogP contribution >= 0.6 is 0 Å². The lowest BCUT2D eigenvalue weighted by molar-refractivity contribution is -0.129. The molecule has 11 nitrogen and oxygen atoms in total. The van der Waals surface area contributed by atoms with Crippen molar-refractivity contribution >= 4 is 36.2 Å². The number of nitrogens with zero attached hydrogens (tertiary/aromatic N) is 1. The summed E-state index contributed by atoms with van der Waals surface area (Å²) < 4.78 is 0. The molecule has 1 heterocycles. The molecule has 1 aromatic carbocycles. The highest BCUT2D eigenvalue weighted by atomic mass is 16.2. The number of likely N-dealkylation sites (tertiary alicyclic amines) is 1. The first-order chi connectivity index (χ1) is 17.9. The summed E-state index contributed by atoms with van der Waals surface area (Å²) in [5.41, 5.74) is 1.52. The van der Waals surface area contributed by atoms with Crippen molar-refractivity contribution in [3.63, 3.8) is 0 Å². The molecule has 200 valence electrons. The molecule has 0 aliphatic carbocycles. The number of piperidine rings is 1. The molecule has 2 atom stereocenters. The van der Waals surface area contributed by atoms with Gasteiger partial charge in [0.15, 0.2) is 0 Å². The highest BCUT2D eigenvalue weighted by Crippen LogP contribution is 2.14. The van der Waals surface area contributed by atoms with Crippen LogP contribution in [0, 0.1) is 5.92 Å². The smallest absolute Gasteiger partial charge is 0.246 e. The van der Waals surface area contributed by atoms with Gasteiger partial charge in [-0.2, -0.15) is 0 Å². The van der Waals surface area contributed by atoms with Gasteiger partial charge < -0.3 is 35.8 Å². The maximum atomic E-state index is 12.5. The molecule has 1 aliphatic rings. The van der Waals surface area contributed by atoms with Gasteiger partial charge in [0.25, 0.3) is 0 Å². The summed E-state index contributed by atoms with van der Waals surface area (Å²) in [6.45, 7) is 1.48. The number of carbonyl (C=O) groups excluding carboxylic acids is 6. The molecule has 0 bridgehead atoms. The van der Waals surface area contributed by atoms with Crippen LogP contribution in [0.25, 0.3) is 0 Å². The fourth-order valence-electron chi connectivity index (χ4n) is 3.91. The van der Waals surface area contributed by atoms with Gasteiger partial charge in [0, 0.05) is 44.2 Å². The number of hydrogen-bond acceptors (Lipinski definition) is 7. The van der Waals surface area contributed by atoms with Crippen molar-refractivity contribution < 1.29 is 28.8 Å². The van der Waals surface area contributed by atoms with E-state index in [4.69, 9.17) is 0 Å². The zero-order valence-corrected chi connectivity index (χ0v) is 21.0. The van der Waals surface area contributed by atoms with Gasteiger partial charge in [0.2, 0.25) is 23.6 Å². The van der Waals surface area contributed by atoms with Gasteiger partial charge in [0.05, 0.1) is 19.0 Å². The third kappa shape index (κ3) is 10.7. The lowest BCUT2D eigenvalue weighted by Gasteiger charge is -2.29. The molecule has 0 radical (unpaired) electrons. The molecule has 0 saturated carbocycles. The van der Waals surface area contributed by atoms with Crippen LogP contribution in [0.15, 0.2) is 36.4 Å². The van der Waals surface area contributed by atoms with E-state index < -0.39 is 11.9 Å². The average Bonchev–Trinajstić information content (AvgIpc) is 2.90. The van der Waals surface area contributed by atoms with E-state index in [2.05, 4.69) is 21.3 Å². The van der Waals surface area contributed by atoms with Gasteiger partial charge in [-0.25, -0.2) is 0 Å². The molecular formula is C26H35N5O6. The predicted octanol–water partition coefficient (Wildman–Crippen LogP) is -0.752. The Bertz CT molecular complexity index is 995. The van der Waals surface area contributed by atoms with Gasteiger partial charge >= 0.3 is 0 Å². The second-order valence-electron chi connectivity index (χ2n) is 8.80. The second kappa shape index (κ2) is 16.0. The predicted molar refractivity (Wildman–Crippen MR) is 136 cm³/mol. The molecule has 1 aliphatic heterocycles. The normalized spacial score (nSPS) is 16.0. The lowest BCUT2D eigenvalue weighted by Crippen LogP contribution is -2.40. The summed E-state index contributed by atoms with van der Waals surface area (Å²) in [7, 11) is 1.67. The summed E-state index contributed by atoms with van der Waals surface area (Å²) in [5.74, 6) is -1.53. The molecule has 2 unspecified atom stereocenters. The van der Waals surface area contributed by atoms with Gasteiger partial charge in [-0.15, -0.1) is 0 Å². The van der Waals surface area contributed by atoms with Crippen molar-refractivity contribution in [2.24, 2.45) is 5.92 Å². The van der Waals surface area contributed by atoms with Crippen LogP contribution in [-0.4, -0.2) is 80.4 Å². The Balaban J connectivity index is 1.76. The average molecular weight is 514 g/mol.